The minimum Gasteiger partial charge on any atom is -0.505 e. The molecule has 0 aliphatic carbocycles. The van der Waals surface area contributed by atoms with E-state index in [1.807, 2.05) is 6.07 Å². The van der Waals surface area contributed by atoms with Crippen molar-refractivity contribution in [1.82, 2.24) is 14.9 Å². The first kappa shape index (κ1) is 14.1. The lowest BCUT2D eigenvalue weighted by atomic mass is 10.1. The maximum absolute atomic E-state index is 9.26. The third-order valence-corrected chi connectivity index (χ3v) is 4.12. The van der Waals surface area contributed by atoms with Crippen LogP contribution in [0.1, 0.15) is 5.56 Å². The number of benzene rings is 1. The third-order valence-electron chi connectivity index (χ3n) is 4.12. The van der Waals surface area contributed by atoms with E-state index < -0.39 is 0 Å². The lowest BCUT2D eigenvalue weighted by Gasteiger charge is -2.34. The van der Waals surface area contributed by atoms with E-state index in [4.69, 9.17) is 9.47 Å². The Morgan fingerprint density at radius 3 is 2.52 bits per heavy atom. The van der Waals surface area contributed by atoms with Gasteiger partial charge in [-0.3, -0.25) is 4.90 Å². The number of anilines is 1. The summed E-state index contributed by atoms with van der Waals surface area (Å²) in [6.45, 7) is 4.83. The minimum absolute atomic E-state index is 0.0928. The second-order valence-corrected chi connectivity index (χ2v) is 5.69. The Balaban J connectivity index is 1.35. The van der Waals surface area contributed by atoms with Crippen molar-refractivity contribution in [2.75, 3.05) is 37.9 Å². The summed E-state index contributed by atoms with van der Waals surface area (Å²) in [5, 5.41) is 9.26. The first-order chi connectivity index (χ1) is 11.3. The number of hydrogen-bond donors (Lipinski definition) is 1. The van der Waals surface area contributed by atoms with E-state index in [0.29, 0.717) is 12.7 Å². The van der Waals surface area contributed by atoms with Crippen LogP contribution in [0.5, 0.6) is 17.2 Å². The number of aromatic nitrogens is 2. The van der Waals surface area contributed by atoms with E-state index >= 15 is 0 Å². The van der Waals surface area contributed by atoms with E-state index in [1.54, 1.807) is 0 Å². The zero-order valence-electron chi connectivity index (χ0n) is 12.7. The highest BCUT2D eigenvalue weighted by Gasteiger charge is 2.20. The molecule has 2 aromatic rings. The molecule has 1 fully saturated rings. The largest absolute Gasteiger partial charge is 0.505 e. The van der Waals surface area contributed by atoms with Crippen LogP contribution in [0.3, 0.4) is 0 Å². The average Bonchev–Trinajstić information content (AvgIpc) is 3.04. The van der Waals surface area contributed by atoms with Crippen molar-refractivity contribution < 1.29 is 14.6 Å². The number of nitrogens with zero attached hydrogens (tertiary/aromatic N) is 4. The van der Waals surface area contributed by atoms with Crippen LogP contribution < -0.4 is 14.4 Å². The molecule has 4 rings (SSSR count). The third kappa shape index (κ3) is 3.00. The Kier molecular flexibility index (Phi) is 3.63. The Morgan fingerprint density at radius 1 is 1.00 bits per heavy atom. The van der Waals surface area contributed by atoms with Gasteiger partial charge in [-0.15, -0.1) is 0 Å². The Bertz CT molecular complexity index is 684. The summed E-state index contributed by atoms with van der Waals surface area (Å²) in [4.78, 5) is 12.9. The highest BCUT2D eigenvalue weighted by Crippen LogP contribution is 2.32. The van der Waals surface area contributed by atoms with Gasteiger partial charge in [-0.05, 0) is 17.7 Å². The Hall–Kier alpha value is -2.54. The van der Waals surface area contributed by atoms with Crippen LogP contribution in [0.4, 0.5) is 5.95 Å². The topological polar surface area (TPSA) is 71.0 Å². The fraction of sp³-hybridized carbons (Fsp3) is 0.375. The van der Waals surface area contributed by atoms with Gasteiger partial charge < -0.3 is 19.5 Å². The second-order valence-electron chi connectivity index (χ2n) is 5.69. The molecule has 0 spiro atoms. The molecular weight excluding hydrogens is 296 g/mol. The van der Waals surface area contributed by atoms with Gasteiger partial charge in [-0.2, -0.15) is 0 Å². The number of ether oxygens (including phenoxy) is 2. The van der Waals surface area contributed by atoms with Crippen LogP contribution in [-0.2, 0) is 6.54 Å². The van der Waals surface area contributed by atoms with Gasteiger partial charge in [0.1, 0.15) is 0 Å². The predicted molar refractivity (Wildman–Crippen MR) is 83.8 cm³/mol. The zero-order chi connectivity index (χ0) is 15.6. The van der Waals surface area contributed by atoms with Gasteiger partial charge in [0, 0.05) is 32.7 Å². The molecule has 3 heterocycles. The summed E-state index contributed by atoms with van der Waals surface area (Å²) in [5.41, 5.74) is 1.23. The first-order valence-corrected chi connectivity index (χ1v) is 7.65. The van der Waals surface area contributed by atoms with E-state index in [-0.39, 0.29) is 5.75 Å². The smallest absolute Gasteiger partial charge is 0.231 e. The Labute approximate surface area is 134 Å². The summed E-state index contributed by atoms with van der Waals surface area (Å²) in [6, 6.07) is 6.11. The standard InChI is InChI=1S/C16H18N4O3/c21-13-8-17-16(18-9-13)20-5-3-19(4-6-20)10-12-1-2-14-15(7-12)23-11-22-14/h1-2,7-9,21H,3-6,10-11H2. The lowest BCUT2D eigenvalue weighted by Crippen LogP contribution is -2.46. The van der Waals surface area contributed by atoms with Gasteiger partial charge in [-0.1, -0.05) is 6.07 Å². The summed E-state index contributed by atoms with van der Waals surface area (Å²) >= 11 is 0. The molecule has 0 atom stereocenters. The normalized spacial score (nSPS) is 17.5. The van der Waals surface area contributed by atoms with Crippen molar-refractivity contribution in [2.45, 2.75) is 6.54 Å². The highest BCUT2D eigenvalue weighted by atomic mass is 16.7. The fourth-order valence-corrected chi connectivity index (χ4v) is 2.88. The number of rotatable bonds is 3. The molecule has 0 unspecified atom stereocenters. The molecule has 120 valence electrons. The van der Waals surface area contributed by atoms with E-state index in [9.17, 15) is 5.11 Å². The molecular formula is C16H18N4O3. The molecule has 0 radical (unpaired) electrons. The summed E-state index contributed by atoms with van der Waals surface area (Å²) in [5.74, 6) is 2.42. The number of hydrogen-bond acceptors (Lipinski definition) is 7. The lowest BCUT2D eigenvalue weighted by molar-refractivity contribution is 0.174. The van der Waals surface area contributed by atoms with E-state index in [2.05, 4.69) is 31.9 Å². The maximum atomic E-state index is 9.26. The van der Waals surface area contributed by atoms with E-state index in [1.165, 1.54) is 18.0 Å². The van der Waals surface area contributed by atoms with Gasteiger partial charge in [0.25, 0.3) is 0 Å². The molecule has 1 N–H and O–H groups in total. The SMILES string of the molecule is Oc1cnc(N2CCN(Cc3ccc4c(c3)OCO4)CC2)nc1. The summed E-state index contributed by atoms with van der Waals surface area (Å²) in [6.07, 6.45) is 2.86. The minimum atomic E-state index is 0.0928. The van der Waals surface area contributed by atoms with Crippen LogP contribution in [0.2, 0.25) is 0 Å². The van der Waals surface area contributed by atoms with Crippen molar-refractivity contribution in [3.63, 3.8) is 0 Å². The summed E-state index contributed by atoms with van der Waals surface area (Å²) in [7, 11) is 0. The number of fused-ring (bicyclic) bond motifs is 1. The van der Waals surface area contributed by atoms with Gasteiger partial charge >= 0.3 is 0 Å². The van der Waals surface area contributed by atoms with Gasteiger partial charge in [0.2, 0.25) is 12.7 Å². The molecule has 23 heavy (non-hydrogen) atoms. The van der Waals surface area contributed by atoms with Gasteiger partial charge in [-0.25, -0.2) is 9.97 Å². The van der Waals surface area contributed by atoms with Gasteiger partial charge in [0.05, 0.1) is 12.4 Å². The van der Waals surface area contributed by atoms with E-state index in [0.717, 1.165) is 44.2 Å². The zero-order valence-corrected chi connectivity index (χ0v) is 12.7. The van der Waals surface area contributed by atoms with Crippen LogP contribution in [-0.4, -0.2) is 52.9 Å². The maximum Gasteiger partial charge on any atom is 0.231 e. The number of piperazine rings is 1. The number of aromatic hydroxyl groups is 1. The molecule has 2 aliphatic heterocycles. The molecule has 7 heteroatoms. The van der Waals surface area contributed by atoms with Crippen molar-refractivity contribution in [3.8, 4) is 17.2 Å². The molecule has 7 nitrogen and oxygen atoms in total. The molecule has 1 aromatic carbocycles. The second kappa shape index (κ2) is 5.92. The molecule has 0 amide bonds. The van der Waals surface area contributed by atoms with Crippen molar-refractivity contribution in [1.29, 1.82) is 0 Å². The molecule has 1 aromatic heterocycles. The van der Waals surface area contributed by atoms with Crippen molar-refractivity contribution >= 4 is 5.95 Å². The van der Waals surface area contributed by atoms with Crippen LogP contribution >= 0.6 is 0 Å². The van der Waals surface area contributed by atoms with Crippen LogP contribution in [0.25, 0.3) is 0 Å². The highest BCUT2D eigenvalue weighted by molar-refractivity contribution is 5.44. The van der Waals surface area contributed by atoms with Crippen LogP contribution in [0.15, 0.2) is 30.6 Å². The molecule has 1 saturated heterocycles. The van der Waals surface area contributed by atoms with Crippen molar-refractivity contribution in [2.24, 2.45) is 0 Å². The Morgan fingerprint density at radius 2 is 1.74 bits per heavy atom. The molecule has 0 saturated carbocycles. The van der Waals surface area contributed by atoms with Gasteiger partial charge in [0.15, 0.2) is 17.2 Å². The molecule has 0 bridgehead atoms. The monoisotopic (exact) mass is 314 g/mol. The fourth-order valence-electron chi connectivity index (χ4n) is 2.88. The first-order valence-electron chi connectivity index (χ1n) is 7.65. The predicted octanol–water partition coefficient (Wildman–Crippen LogP) is 1.23. The van der Waals surface area contributed by atoms with Crippen LogP contribution in [0, 0.1) is 0 Å². The quantitative estimate of drug-likeness (QED) is 0.913. The average molecular weight is 314 g/mol. The summed E-state index contributed by atoms with van der Waals surface area (Å²) < 4.78 is 10.8. The molecule has 2 aliphatic rings. The van der Waals surface area contributed by atoms with Crippen molar-refractivity contribution in [3.05, 3.63) is 36.2 Å².